The highest BCUT2D eigenvalue weighted by Gasteiger charge is 2.44. The Morgan fingerprint density at radius 1 is 0.396 bits per heavy atom. The first kappa shape index (κ1) is 28.4. The van der Waals surface area contributed by atoms with Crippen molar-refractivity contribution in [2.24, 2.45) is 0 Å². The van der Waals surface area contributed by atoms with Gasteiger partial charge in [-0.15, -0.1) is 0 Å². The van der Waals surface area contributed by atoms with Crippen molar-refractivity contribution in [2.45, 2.75) is 0 Å². The highest BCUT2D eigenvalue weighted by molar-refractivity contribution is 14.1. The van der Waals surface area contributed by atoms with Crippen molar-refractivity contribution >= 4 is 101 Å². The van der Waals surface area contributed by atoms with Gasteiger partial charge in [-0.2, -0.15) is 10.5 Å². The van der Waals surface area contributed by atoms with Gasteiger partial charge < -0.3 is 0 Å². The number of fused-ring (bicyclic) bond motifs is 10. The average Bonchev–Trinajstić information content (AvgIpc) is 3.72. The van der Waals surface area contributed by atoms with Crippen molar-refractivity contribution in [3.8, 4) is 67.8 Å². The van der Waals surface area contributed by atoms with Crippen molar-refractivity contribution in [3.63, 3.8) is 0 Å². The summed E-state index contributed by atoms with van der Waals surface area (Å²) in [4.78, 5) is 0. The molecule has 4 aliphatic rings. The molecule has 4 heterocycles. The van der Waals surface area contributed by atoms with Crippen LogP contribution in [0.3, 0.4) is 0 Å². The largest absolute Gasteiger partial charge is 0.244 e. The Bertz CT molecular complexity index is 3330. The molecule has 9 aromatic rings. The first-order chi connectivity index (χ1) is 26.1. The van der Waals surface area contributed by atoms with Gasteiger partial charge in [-0.1, -0.05) is 124 Å². The van der Waals surface area contributed by atoms with Crippen LogP contribution >= 0.6 is 22.6 Å². The number of benzene rings is 9. The van der Waals surface area contributed by atoms with Gasteiger partial charge in [0.1, 0.15) is 0 Å². The number of halogens is 1. The molecule has 53 heavy (non-hydrogen) atoms. The zero-order valence-corrected chi connectivity index (χ0v) is 30.2. The van der Waals surface area contributed by atoms with Gasteiger partial charge in [0.15, 0.2) is 0 Å². The maximum atomic E-state index is 10.4. The standard InChI is InChI=1S/C48H21B2IN2/c51-42-21-32-36-17-25(23-53)15-34-28-11-4-6-12-38(28)49(48(34)36)40-19-31-29(26-8-2-1-3-9-26)18-30-35-16-24(22-52)14-33-27-10-5-7-13-39(27)50(47(33)35)41-20-37(42)46(44(32)40)45(31)43(30)41/h1-21H. The molecule has 2 nitrogen and oxygen atoms in total. The lowest BCUT2D eigenvalue weighted by atomic mass is 9.34. The van der Waals surface area contributed by atoms with Gasteiger partial charge in [0.05, 0.1) is 23.3 Å². The second-order valence-corrected chi connectivity index (χ2v) is 16.2. The fourth-order valence-electron chi connectivity index (χ4n) is 10.9. The second kappa shape index (κ2) is 9.64. The summed E-state index contributed by atoms with van der Waals surface area (Å²) in [7, 11) is 0. The Balaban J connectivity index is 1.29. The van der Waals surface area contributed by atoms with Crippen LogP contribution in [-0.4, -0.2) is 13.4 Å². The summed E-state index contributed by atoms with van der Waals surface area (Å²) >= 11 is 2.57. The van der Waals surface area contributed by atoms with Crippen molar-refractivity contribution < 1.29 is 0 Å². The normalized spacial score (nSPS) is 13.3. The van der Waals surface area contributed by atoms with Gasteiger partial charge in [-0.25, -0.2) is 0 Å². The fourth-order valence-corrected chi connectivity index (χ4v) is 11.6. The molecule has 9 aromatic carbocycles. The molecule has 0 atom stereocenters. The minimum atomic E-state index is 0.0713. The first-order valence-corrected chi connectivity index (χ1v) is 19.1. The maximum absolute atomic E-state index is 10.4. The summed E-state index contributed by atoms with van der Waals surface area (Å²) in [6.45, 7) is 0.152. The fraction of sp³-hybridized carbons (Fsp3) is 0. The molecular formula is C48H21B2IN2. The van der Waals surface area contributed by atoms with Crippen LogP contribution in [0.2, 0.25) is 0 Å². The molecule has 236 valence electrons. The Labute approximate surface area is 319 Å². The van der Waals surface area contributed by atoms with E-state index in [1.54, 1.807) is 0 Å². The molecule has 4 aliphatic heterocycles. The van der Waals surface area contributed by atoms with Gasteiger partial charge in [0.25, 0.3) is 0 Å². The Morgan fingerprint density at radius 2 is 0.868 bits per heavy atom. The van der Waals surface area contributed by atoms with Crippen LogP contribution in [0.15, 0.2) is 127 Å². The summed E-state index contributed by atoms with van der Waals surface area (Å²) in [5.41, 5.74) is 21.3. The lowest BCUT2D eigenvalue weighted by Gasteiger charge is -2.32. The predicted octanol–water partition coefficient (Wildman–Crippen LogP) is 7.55. The van der Waals surface area contributed by atoms with E-state index >= 15 is 0 Å². The third kappa shape index (κ3) is 3.29. The number of hydrogen-bond donors (Lipinski definition) is 0. The van der Waals surface area contributed by atoms with E-state index in [1.165, 1.54) is 124 Å². The minimum Gasteiger partial charge on any atom is -0.192 e. The van der Waals surface area contributed by atoms with Crippen LogP contribution in [-0.2, 0) is 0 Å². The van der Waals surface area contributed by atoms with Crippen molar-refractivity contribution in [1.82, 2.24) is 0 Å². The van der Waals surface area contributed by atoms with E-state index in [9.17, 15) is 10.5 Å². The number of rotatable bonds is 1. The van der Waals surface area contributed by atoms with Crippen molar-refractivity contribution in [1.29, 1.82) is 10.5 Å². The van der Waals surface area contributed by atoms with Crippen LogP contribution in [0.4, 0.5) is 0 Å². The third-order valence-corrected chi connectivity index (χ3v) is 13.6. The van der Waals surface area contributed by atoms with E-state index in [-0.39, 0.29) is 13.4 Å². The topological polar surface area (TPSA) is 47.6 Å². The van der Waals surface area contributed by atoms with E-state index in [0.717, 1.165) is 0 Å². The first-order valence-electron chi connectivity index (χ1n) is 18.1. The molecule has 0 radical (unpaired) electrons. The van der Waals surface area contributed by atoms with Crippen LogP contribution < -0.4 is 32.8 Å². The predicted molar refractivity (Wildman–Crippen MR) is 229 cm³/mol. The van der Waals surface area contributed by atoms with Gasteiger partial charge in [-0.3, -0.25) is 0 Å². The third-order valence-electron chi connectivity index (χ3n) is 12.7. The van der Waals surface area contributed by atoms with E-state index in [2.05, 4.69) is 162 Å². The summed E-state index contributed by atoms with van der Waals surface area (Å²) in [5.74, 6) is 0. The van der Waals surface area contributed by atoms with E-state index in [4.69, 9.17) is 0 Å². The van der Waals surface area contributed by atoms with E-state index < -0.39 is 0 Å². The summed E-state index contributed by atoms with van der Waals surface area (Å²) in [6, 6.07) is 51.8. The summed E-state index contributed by atoms with van der Waals surface area (Å²) in [5, 5.41) is 28.4. The molecule has 0 amide bonds. The minimum absolute atomic E-state index is 0.0713. The molecule has 0 spiro atoms. The van der Waals surface area contributed by atoms with Crippen LogP contribution in [0.1, 0.15) is 11.1 Å². The Hall–Kier alpha value is -6.14. The Kier molecular flexibility index (Phi) is 5.17. The van der Waals surface area contributed by atoms with Gasteiger partial charge >= 0.3 is 0 Å². The van der Waals surface area contributed by atoms with Crippen LogP contribution in [0, 0.1) is 26.2 Å². The summed E-state index contributed by atoms with van der Waals surface area (Å²) in [6.07, 6.45) is 0. The molecule has 0 saturated carbocycles. The van der Waals surface area contributed by atoms with E-state index in [1.807, 2.05) is 0 Å². The average molecular weight is 774 g/mol. The molecule has 0 N–H and O–H groups in total. The van der Waals surface area contributed by atoms with Gasteiger partial charge in [-0.05, 0) is 147 Å². The molecule has 0 aliphatic carbocycles. The Morgan fingerprint density at radius 3 is 1.43 bits per heavy atom. The van der Waals surface area contributed by atoms with Crippen molar-refractivity contribution in [2.75, 3.05) is 0 Å². The van der Waals surface area contributed by atoms with Gasteiger partial charge in [0.2, 0.25) is 13.4 Å². The highest BCUT2D eigenvalue weighted by Crippen LogP contribution is 2.50. The summed E-state index contributed by atoms with van der Waals surface area (Å²) < 4.78 is 1.22. The number of hydrogen-bond acceptors (Lipinski definition) is 2. The van der Waals surface area contributed by atoms with Crippen LogP contribution in [0.5, 0.6) is 0 Å². The monoisotopic (exact) mass is 774 g/mol. The number of nitriles is 2. The SMILES string of the molecule is N#Cc1cc2c3c(c1)-c1cc(I)c4cc5c6c(cc(-c7ccccc7)c7cc(c1c4c76)B3c1ccccc1-2)-c1cc(C#N)cc2c1B5c1ccccc1-2. The lowest BCUT2D eigenvalue weighted by molar-refractivity contribution is 1.49. The lowest BCUT2D eigenvalue weighted by Crippen LogP contribution is -2.53. The molecular weight excluding hydrogens is 753 g/mol. The van der Waals surface area contributed by atoms with Crippen LogP contribution in [0.25, 0.3) is 88.0 Å². The molecule has 0 unspecified atom stereocenters. The van der Waals surface area contributed by atoms with Gasteiger partial charge in [0, 0.05) is 3.57 Å². The zero-order valence-electron chi connectivity index (χ0n) is 28.1. The maximum Gasteiger partial charge on any atom is 0.244 e. The smallest absolute Gasteiger partial charge is 0.192 e. The highest BCUT2D eigenvalue weighted by atomic mass is 127. The quantitative estimate of drug-likeness (QED) is 0.0984. The van der Waals surface area contributed by atoms with Crippen molar-refractivity contribution in [3.05, 3.63) is 142 Å². The molecule has 13 rings (SSSR count). The zero-order chi connectivity index (χ0) is 34.9. The molecule has 0 fully saturated rings. The van der Waals surface area contributed by atoms with E-state index in [0.29, 0.717) is 11.1 Å². The molecule has 0 saturated heterocycles. The number of nitrogens with zero attached hydrogens (tertiary/aromatic N) is 2. The second-order valence-electron chi connectivity index (χ2n) is 15.0. The molecule has 0 aromatic heterocycles. The molecule has 0 bridgehead atoms. The molecule has 5 heteroatoms.